The van der Waals surface area contributed by atoms with Crippen LogP contribution in [-0.4, -0.2) is 62.9 Å². The van der Waals surface area contributed by atoms with Crippen molar-refractivity contribution in [1.29, 1.82) is 0 Å². The Morgan fingerprint density at radius 3 is 2.46 bits per heavy atom. The number of hydrogen-bond donors (Lipinski definition) is 1. The van der Waals surface area contributed by atoms with Crippen LogP contribution in [0.2, 0.25) is 0 Å². The highest BCUT2D eigenvalue weighted by Gasteiger charge is 2.32. The van der Waals surface area contributed by atoms with Gasteiger partial charge in [-0.2, -0.15) is 0 Å². The zero-order valence-electron chi connectivity index (χ0n) is 15.9. The summed E-state index contributed by atoms with van der Waals surface area (Å²) in [5.41, 5.74) is 7.30. The van der Waals surface area contributed by atoms with Crippen LogP contribution in [0.1, 0.15) is 31.7 Å². The molecule has 0 bridgehead atoms. The lowest BCUT2D eigenvalue weighted by molar-refractivity contribution is -0.138. The first kappa shape index (κ1) is 18.5. The van der Waals surface area contributed by atoms with E-state index in [4.69, 9.17) is 5.73 Å². The number of carbonyl (C=O) groups excluding carboxylic acids is 2. The van der Waals surface area contributed by atoms with E-state index in [2.05, 4.69) is 10.3 Å². The highest BCUT2D eigenvalue weighted by molar-refractivity contribution is 5.80. The van der Waals surface area contributed by atoms with Gasteiger partial charge in [0.2, 0.25) is 5.91 Å². The number of benzene rings is 1. The zero-order valence-corrected chi connectivity index (χ0v) is 15.9. The Morgan fingerprint density at radius 1 is 1.00 bits per heavy atom. The van der Waals surface area contributed by atoms with E-state index in [0.29, 0.717) is 26.2 Å². The second-order valence-electron chi connectivity index (χ2n) is 7.63. The first-order valence-corrected chi connectivity index (χ1v) is 9.92. The molecule has 2 N–H and O–H groups in total. The number of primary amides is 1. The topological polar surface area (TPSA) is 97.3 Å². The van der Waals surface area contributed by atoms with E-state index in [1.54, 1.807) is 4.90 Å². The SMILES string of the molecule is NC(=O)N1CCCC(C(=O)N2CCC(n3cc(-c4ccccc4)nn3)CC2)C1. The van der Waals surface area contributed by atoms with E-state index >= 15 is 0 Å². The van der Waals surface area contributed by atoms with Crippen molar-refractivity contribution in [3.05, 3.63) is 36.5 Å². The molecule has 28 heavy (non-hydrogen) atoms. The molecule has 1 atom stereocenters. The third kappa shape index (κ3) is 3.85. The van der Waals surface area contributed by atoms with E-state index < -0.39 is 6.03 Å². The maximum Gasteiger partial charge on any atom is 0.314 e. The fourth-order valence-corrected chi connectivity index (χ4v) is 4.18. The second-order valence-corrected chi connectivity index (χ2v) is 7.63. The largest absolute Gasteiger partial charge is 0.351 e. The molecule has 1 aromatic heterocycles. The predicted molar refractivity (Wildman–Crippen MR) is 104 cm³/mol. The van der Waals surface area contributed by atoms with Crippen molar-refractivity contribution < 1.29 is 9.59 Å². The highest BCUT2D eigenvalue weighted by atomic mass is 16.2. The van der Waals surface area contributed by atoms with Gasteiger partial charge in [-0.1, -0.05) is 35.5 Å². The summed E-state index contributed by atoms with van der Waals surface area (Å²) in [6.07, 6.45) is 5.36. The number of hydrogen-bond acceptors (Lipinski definition) is 4. The van der Waals surface area contributed by atoms with Crippen molar-refractivity contribution >= 4 is 11.9 Å². The van der Waals surface area contributed by atoms with Crippen LogP contribution < -0.4 is 5.73 Å². The molecule has 1 aromatic carbocycles. The van der Waals surface area contributed by atoms with Gasteiger partial charge < -0.3 is 15.5 Å². The van der Waals surface area contributed by atoms with Gasteiger partial charge in [0.1, 0.15) is 5.69 Å². The standard InChI is InChI=1S/C20H26N6O2/c21-20(28)25-10-4-7-16(13-25)19(27)24-11-8-17(9-12-24)26-14-18(22-23-26)15-5-2-1-3-6-15/h1-3,5-6,14,16-17H,4,7-13H2,(H2,21,28). The lowest BCUT2D eigenvalue weighted by Crippen LogP contribution is -2.49. The maximum absolute atomic E-state index is 12.9. The molecule has 148 valence electrons. The summed E-state index contributed by atoms with van der Waals surface area (Å²) in [7, 11) is 0. The normalized spacial score (nSPS) is 20.9. The lowest BCUT2D eigenvalue weighted by Gasteiger charge is -2.37. The third-order valence-electron chi connectivity index (χ3n) is 5.81. The quantitative estimate of drug-likeness (QED) is 0.877. The van der Waals surface area contributed by atoms with E-state index in [1.807, 2.05) is 46.1 Å². The molecule has 8 heteroatoms. The fraction of sp³-hybridized carbons (Fsp3) is 0.500. The Labute approximate surface area is 164 Å². The predicted octanol–water partition coefficient (Wildman–Crippen LogP) is 1.90. The van der Waals surface area contributed by atoms with E-state index in [-0.39, 0.29) is 17.9 Å². The van der Waals surface area contributed by atoms with Crippen LogP contribution in [-0.2, 0) is 4.79 Å². The molecular formula is C20H26N6O2. The number of nitrogens with zero attached hydrogens (tertiary/aromatic N) is 5. The molecule has 0 radical (unpaired) electrons. The summed E-state index contributed by atoms with van der Waals surface area (Å²) in [4.78, 5) is 27.8. The monoisotopic (exact) mass is 382 g/mol. The molecule has 2 aliphatic rings. The third-order valence-corrected chi connectivity index (χ3v) is 5.81. The van der Waals surface area contributed by atoms with Crippen molar-refractivity contribution in [3.63, 3.8) is 0 Å². The number of rotatable bonds is 3. The summed E-state index contributed by atoms with van der Waals surface area (Å²) in [5, 5.41) is 8.61. The van der Waals surface area contributed by atoms with Gasteiger partial charge in [0.05, 0.1) is 18.2 Å². The average molecular weight is 382 g/mol. The first-order valence-electron chi connectivity index (χ1n) is 9.92. The highest BCUT2D eigenvalue weighted by Crippen LogP contribution is 2.26. The first-order chi connectivity index (χ1) is 13.6. The van der Waals surface area contributed by atoms with Gasteiger partial charge in [-0.05, 0) is 25.7 Å². The number of aromatic nitrogens is 3. The van der Waals surface area contributed by atoms with Crippen molar-refractivity contribution in [2.75, 3.05) is 26.2 Å². The van der Waals surface area contributed by atoms with Crippen molar-refractivity contribution in [2.24, 2.45) is 11.7 Å². The second kappa shape index (κ2) is 8.00. The molecule has 0 spiro atoms. The molecule has 3 heterocycles. The van der Waals surface area contributed by atoms with Gasteiger partial charge in [-0.15, -0.1) is 5.10 Å². The Balaban J connectivity index is 1.34. The van der Waals surface area contributed by atoms with Gasteiger partial charge in [0.25, 0.3) is 0 Å². The van der Waals surface area contributed by atoms with Gasteiger partial charge >= 0.3 is 6.03 Å². The Morgan fingerprint density at radius 2 is 1.75 bits per heavy atom. The Hall–Kier alpha value is -2.90. The lowest BCUT2D eigenvalue weighted by atomic mass is 9.95. The van der Waals surface area contributed by atoms with Crippen LogP contribution in [0.4, 0.5) is 4.79 Å². The number of carbonyl (C=O) groups is 2. The van der Waals surface area contributed by atoms with Crippen molar-refractivity contribution in [2.45, 2.75) is 31.7 Å². The summed E-state index contributed by atoms with van der Waals surface area (Å²) in [6, 6.07) is 9.82. The van der Waals surface area contributed by atoms with Gasteiger partial charge in [-0.3, -0.25) is 4.79 Å². The summed E-state index contributed by atoms with van der Waals surface area (Å²) < 4.78 is 1.93. The Bertz CT molecular complexity index is 828. The van der Waals surface area contributed by atoms with Gasteiger partial charge in [0, 0.05) is 31.7 Å². The Kier molecular flexibility index (Phi) is 5.27. The van der Waals surface area contributed by atoms with E-state index in [0.717, 1.165) is 36.9 Å². The molecule has 3 amide bonds. The van der Waals surface area contributed by atoms with Crippen molar-refractivity contribution in [1.82, 2.24) is 24.8 Å². The van der Waals surface area contributed by atoms with Crippen LogP contribution in [0.25, 0.3) is 11.3 Å². The summed E-state index contributed by atoms with van der Waals surface area (Å²) >= 11 is 0. The van der Waals surface area contributed by atoms with Crippen LogP contribution in [0, 0.1) is 5.92 Å². The van der Waals surface area contributed by atoms with Gasteiger partial charge in [-0.25, -0.2) is 9.48 Å². The number of nitrogens with two attached hydrogens (primary N) is 1. The molecule has 2 aliphatic heterocycles. The van der Waals surface area contributed by atoms with Crippen LogP contribution in [0.3, 0.4) is 0 Å². The maximum atomic E-state index is 12.9. The molecule has 4 rings (SSSR count). The fourth-order valence-electron chi connectivity index (χ4n) is 4.18. The summed E-state index contributed by atoms with van der Waals surface area (Å²) in [5.74, 6) is 0.0156. The number of amides is 3. The molecule has 2 saturated heterocycles. The molecule has 8 nitrogen and oxygen atoms in total. The molecule has 0 aliphatic carbocycles. The molecule has 2 fully saturated rings. The van der Waals surface area contributed by atoms with Gasteiger partial charge in [0.15, 0.2) is 0 Å². The number of piperidine rings is 2. The molecule has 1 unspecified atom stereocenters. The minimum Gasteiger partial charge on any atom is -0.351 e. The summed E-state index contributed by atoms with van der Waals surface area (Å²) in [6.45, 7) is 2.50. The van der Waals surface area contributed by atoms with E-state index in [1.165, 1.54) is 0 Å². The van der Waals surface area contributed by atoms with E-state index in [9.17, 15) is 9.59 Å². The van der Waals surface area contributed by atoms with Crippen LogP contribution in [0.5, 0.6) is 0 Å². The molecule has 2 aromatic rings. The smallest absolute Gasteiger partial charge is 0.314 e. The van der Waals surface area contributed by atoms with Crippen LogP contribution >= 0.6 is 0 Å². The zero-order chi connectivity index (χ0) is 19.5. The van der Waals surface area contributed by atoms with Crippen LogP contribution in [0.15, 0.2) is 36.5 Å². The molecular weight excluding hydrogens is 356 g/mol. The average Bonchev–Trinajstić information content (AvgIpc) is 3.24. The molecule has 0 saturated carbocycles. The minimum absolute atomic E-state index is 0.131. The number of urea groups is 1. The minimum atomic E-state index is -0.434. The number of likely N-dealkylation sites (tertiary alicyclic amines) is 2. The van der Waals surface area contributed by atoms with Crippen molar-refractivity contribution in [3.8, 4) is 11.3 Å².